The van der Waals surface area contributed by atoms with Crippen LogP contribution in [-0.2, 0) is 11.3 Å². The Balaban J connectivity index is 1.35. The molecule has 3 aromatic rings. The zero-order valence-electron chi connectivity index (χ0n) is 15.5. The Morgan fingerprint density at radius 3 is 2.79 bits per heavy atom. The summed E-state index contributed by atoms with van der Waals surface area (Å²) in [7, 11) is 1.65. The molecule has 2 aromatic carbocycles. The molecular formula is C20H22N6O2. The molecule has 1 amide bonds. The lowest BCUT2D eigenvalue weighted by Crippen LogP contribution is -2.39. The van der Waals surface area contributed by atoms with Crippen LogP contribution in [0.25, 0.3) is 0 Å². The summed E-state index contributed by atoms with van der Waals surface area (Å²) in [6.07, 6.45) is 3.82. The van der Waals surface area contributed by atoms with E-state index >= 15 is 0 Å². The zero-order valence-corrected chi connectivity index (χ0v) is 15.5. The zero-order chi connectivity index (χ0) is 19.3. The molecule has 0 aliphatic carbocycles. The number of carbonyl (C=O) groups excluding carboxylic acids is 1. The molecule has 2 heterocycles. The topological polar surface area (TPSA) is 93.1 Å². The lowest BCUT2D eigenvalue weighted by Gasteiger charge is -2.14. The van der Waals surface area contributed by atoms with Gasteiger partial charge in [-0.25, -0.2) is 20.5 Å². The van der Waals surface area contributed by atoms with E-state index in [0.717, 1.165) is 22.6 Å². The summed E-state index contributed by atoms with van der Waals surface area (Å²) in [6.45, 7) is 0.642. The first-order chi connectivity index (χ1) is 13.7. The van der Waals surface area contributed by atoms with E-state index in [-0.39, 0.29) is 18.0 Å². The minimum Gasteiger partial charge on any atom is -0.496 e. The molecule has 1 fully saturated rings. The second-order valence-corrected chi connectivity index (χ2v) is 6.65. The van der Waals surface area contributed by atoms with Gasteiger partial charge in [0.1, 0.15) is 24.4 Å². The van der Waals surface area contributed by atoms with Gasteiger partial charge in [-0.05, 0) is 30.2 Å². The summed E-state index contributed by atoms with van der Waals surface area (Å²) in [5.74, 6) is 0.736. The quantitative estimate of drug-likeness (QED) is 0.607. The first kappa shape index (κ1) is 18.1. The van der Waals surface area contributed by atoms with Crippen LogP contribution in [0.5, 0.6) is 5.75 Å². The van der Waals surface area contributed by atoms with Crippen molar-refractivity contribution in [3.05, 3.63) is 72.3 Å². The molecule has 0 saturated carbocycles. The number of hydrazine groups is 1. The molecule has 1 saturated heterocycles. The average molecular weight is 378 g/mol. The van der Waals surface area contributed by atoms with Gasteiger partial charge in [0.25, 0.3) is 0 Å². The van der Waals surface area contributed by atoms with Gasteiger partial charge in [-0.15, -0.1) is 0 Å². The van der Waals surface area contributed by atoms with Crippen molar-refractivity contribution in [2.24, 2.45) is 0 Å². The molecular weight excluding hydrogens is 356 g/mol. The van der Waals surface area contributed by atoms with Gasteiger partial charge in [-0.3, -0.25) is 4.79 Å². The number of methoxy groups -OCH3 is 1. The van der Waals surface area contributed by atoms with E-state index in [1.54, 1.807) is 18.1 Å². The van der Waals surface area contributed by atoms with Crippen LogP contribution in [0.2, 0.25) is 0 Å². The van der Waals surface area contributed by atoms with Gasteiger partial charge in [-0.1, -0.05) is 30.3 Å². The molecule has 0 spiro atoms. The summed E-state index contributed by atoms with van der Waals surface area (Å²) < 4.78 is 7.17. The number of nitrogens with one attached hydrogen (secondary N) is 3. The van der Waals surface area contributed by atoms with Crippen molar-refractivity contribution in [2.45, 2.75) is 25.0 Å². The standard InChI is InChI=1S/C20H22N6O2/c1-28-19-5-3-2-4-16(19)17-10-18(25-24-17)20(27)23-15-8-6-14(7-9-15)11-26-13-21-12-22-26/h2-9,12-13,17-18,24-25H,10-11H2,1H3,(H,23,27). The number of benzene rings is 2. The van der Waals surface area contributed by atoms with Crippen LogP contribution in [0.3, 0.4) is 0 Å². The van der Waals surface area contributed by atoms with Gasteiger partial charge in [0.15, 0.2) is 0 Å². The van der Waals surface area contributed by atoms with Crippen LogP contribution in [-0.4, -0.2) is 33.8 Å². The number of carbonyl (C=O) groups is 1. The highest BCUT2D eigenvalue weighted by Gasteiger charge is 2.31. The Bertz CT molecular complexity index is 926. The van der Waals surface area contributed by atoms with E-state index in [4.69, 9.17) is 4.74 Å². The lowest BCUT2D eigenvalue weighted by molar-refractivity contribution is -0.117. The molecule has 0 radical (unpaired) electrons. The molecule has 2 unspecified atom stereocenters. The molecule has 144 valence electrons. The summed E-state index contributed by atoms with van der Waals surface area (Å²) in [4.78, 5) is 16.6. The maximum Gasteiger partial charge on any atom is 0.242 e. The molecule has 1 aromatic heterocycles. The Morgan fingerprint density at radius 1 is 1.21 bits per heavy atom. The minimum atomic E-state index is -0.329. The molecule has 2 atom stereocenters. The molecule has 4 rings (SSSR count). The van der Waals surface area contributed by atoms with E-state index in [9.17, 15) is 4.79 Å². The molecule has 28 heavy (non-hydrogen) atoms. The molecule has 1 aliphatic heterocycles. The fourth-order valence-electron chi connectivity index (χ4n) is 3.31. The summed E-state index contributed by atoms with van der Waals surface area (Å²) >= 11 is 0. The predicted octanol–water partition coefficient (Wildman–Crippen LogP) is 1.88. The monoisotopic (exact) mass is 378 g/mol. The smallest absolute Gasteiger partial charge is 0.242 e. The lowest BCUT2D eigenvalue weighted by atomic mass is 10.0. The number of para-hydroxylation sites is 1. The van der Waals surface area contributed by atoms with E-state index in [2.05, 4.69) is 26.3 Å². The van der Waals surface area contributed by atoms with Crippen LogP contribution < -0.4 is 20.9 Å². The van der Waals surface area contributed by atoms with Gasteiger partial charge in [-0.2, -0.15) is 5.10 Å². The molecule has 8 nitrogen and oxygen atoms in total. The molecule has 0 bridgehead atoms. The highest BCUT2D eigenvalue weighted by molar-refractivity contribution is 5.95. The van der Waals surface area contributed by atoms with Crippen LogP contribution in [0, 0.1) is 0 Å². The molecule has 3 N–H and O–H groups in total. The third-order valence-electron chi connectivity index (χ3n) is 4.77. The van der Waals surface area contributed by atoms with Crippen molar-refractivity contribution in [3.63, 3.8) is 0 Å². The van der Waals surface area contributed by atoms with Gasteiger partial charge < -0.3 is 10.1 Å². The predicted molar refractivity (Wildman–Crippen MR) is 105 cm³/mol. The van der Waals surface area contributed by atoms with Crippen LogP contribution >= 0.6 is 0 Å². The fourth-order valence-corrected chi connectivity index (χ4v) is 3.31. The van der Waals surface area contributed by atoms with Crippen LogP contribution in [0.15, 0.2) is 61.2 Å². The number of nitrogens with zero attached hydrogens (tertiary/aromatic N) is 3. The van der Waals surface area contributed by atoms with E-state index in [1.165, 1.54) is 6.33 Å². The summed E-state index contributed by atoms with van der Waals surface area (Å²) in [5.41, 5.74) is 9.15. The SMILES string of the molecule is COc1ccccc1C1CC(C(=O)Nc2ccc(Cn3cncn3)cc2)NN1. The number of rotatable bonds is 6. The number of ether oxygens (including phenoxy) is 1. The maximum atomic E-state index is 12.6. The maximum absolute atomic E-state index is 12.6. The van der Waals surface area contributed by atoms with Crippen molar-refractivity contribution in [2.75, 3.05) is 12.4 Å². The normalized spacial score (nSPS) is 18.8. The van der Waals surface area contributed by atoms with E-state index in [0.29, 0.717) is 13.0 Å². The Kier molecular flexibility index (Phi) is 5.31. The number of hydrogen-bond acceptors (Lipinski definition) is 6. The van der Waals surface area contributed by atoms with Crippen molar-refractivity contribution >= 4 is 11.6 Å². The van der Waals surface area contributed by atoms with Crippen molar-refractivity contribution in [1.82, 2.24) is 25.6 Å². The van der Waals surface area contributed by atoms with Crippen LogP contribution in [0.1, 0.15) is 23.6 Å². The Morgan fingerprint density at radius 2 is 2.04 bits per heavy atom. The van der Waals surface area contributed by atoms with Gasteiger partial charge in [0, 0.05) is 11.3 Å². The number of aromatic nitrogens is 3. The highest BCUT2D eigenvalue weighted by atomic mass is 16.5. The van der Waals surface area contributed by atoms with E-state index < -0.39 is 0 Å². The Hall–Kier alpha value is -3.23. The largest absolute Gasteiger partial charge is 0.496 e. The highest BCUT2D eigenvalue weighted by Crippen LogP contribution is 2.30. The third-order valence-corrected chi connectivity index (χ3v) is 4.77. The molecule has 1 aliphatic rings. The summed E-state index contributed by atoms with van der Waals surface area (Å²) in [6, 6.07) is 15.2. The van der Waals surface area contributed by atoms with Crippen molar-refractivity contribution < 1.29 is 9.53 Å². The second-order valence-electron chi connectivity index (χ2n) is 6.65. The van der Waals surface area contributed by atoms with Gasteiger partial charge in [0.2, 0.25) is 5.91 Å². The minimum absolute atomic E-state index is 0.0111. The molecule has 8 heteroatoms. The third kappa shape index (κ3) is 4.03. The van der Waals surface area contributed by atoms with Crippen LogP contribution in [0.4, 0.5) is 5.69 Å². The van der Waals surface area contributed by atoms with Crippen molar-refractivity contribution in [1.29, 1.82) is 0 Å². The second kappa shape index (κ2) is 8.20. The first-order valence-electron chi connectivity index (χ1n) is 9.09. The van der Waals surface area contributed by atoms with Gasteiger partial charge >= 0.3 is 0 Å². The average Bonchev–Trinajstić information content (AvgIpc) is 3.41. The Labute approximate surface area is 162 Å². The number of anilines is 1. The van der Waals surface area contributed by atoms with Gasteiger partial charge in [0.05, 0.1) is 19.7 Å². The first-order valence-corrected chi connectivity index (χ1v) is 9.09. The van der Waals surface area contributed by atoms with Crippen molar-refractivity contribution in [3.8, 4) is 5.75 Å². The van der Waals surface area contributed by atoms with E-state index in [1.807, 2.05) is 48.5 Å². The summed E-state index contributed by atoms with van der Waals surface area (Å²) in [5, 5.41) is 7.05. The number of amides is 1. The number of hydrogen-bond donors (Lipinski definition) is 3. The fraction of sp³-hybridized carbons (Fsp3) is 0.250.